The maximum atomic E-state index is 12.6. The number of aromatic nitrogens is 2. The van der Waals surface area contributed by atoms with E-state index in [0.717, 1.165) is 30.5 Å². The van der Waals surface area contributed by atoms with Crippen molar-refractivity contribution in [1.82, 2.24) is 15.0 Å². The highest BCUT2D eigenvalue weighted by molar-refractivity contribution is 5.77. The third-order valence-electron chi connectivity index (χ3n) is 4.26. The van der Waals surface area contributed by atoms with Gasteiger partial charge in [0.05, 0.1) is 0 Å². The van der Waals surface area contributed by atoms with Crippen molar-refractivity contribution in [1.29, 1.82) is 0 Å². The van der Waals surface area contributed by atoms with Crippen LogP contribution in [0.1, 0.15) is 57.5 Å². The van der Waals surface area contributed by atoms with Crippen LogP contribution >= 0.6 is 0 Å². The largest absolute Gasteiger partial charge is 0.337 e. The summed E-state index contributed by atoms with van der Waals surface area (Å²) in [6.07, 6.45) is 2.39. The summed E-state index contributed by atoms with van der Waals surface area (Å²) in [7, 11) is 0. The predicted octanol–water partition coefficient (Wildman–Crippen LogP) is 4.14. The van der Waals surface area contributed by atoms with Crippen LogP contribution in [0, 0.1) is 12.3 Å². The Morgan fingerprint density at radius 1 is 1.38 bits per heavy atom. The second kappa shape index (κ2) is 6.38. The Balaban J connectivity index is 1.80. The van der Waals surface area contributed by atoms with E-state index < -0.39 is 0 Å². The first-order chi connectivity index (χ1) is 11.3. The molecular weight excluding hydrogens is 302 g/mol. The molecule has 1 saturated heterocycles. The number of aryl methyl sites for hydroxylation is 1. The molecule has 1 aliphatic heterocycles. The van der Waals surface area contributed by atoms with Crippen LogP contribution in [0.25, 0.3) is 11.4 Å². The van der Waals surface area contributed by atoms with Crippen LogP contribution in [-0.2, 0) is 4.79 Å². The normalized spacial score (nSPS) is 18.2. The molecule has 1 amide bonds. The van der Waals surface area contributed by atoms with Gasteiger partial charge in [0.15, 0.2) is 0 Å². The van der Waals surface area contributed by atoms with Gasteiger partial charge in [-0.1, -0.05) is 49.7 Å². The molecule has 0 N–H and O–H groups in total. The Labute approximate surface area is 143 Å². The minimum atomic E-state index is -0.0918. The van der Waals surface area contributed by atoms with Crippen molar-refractivity contribution >= 4 is 5.91 Å². The Bertz CT molecular complexity index is 730. The number of amides is 1. The molecule has 1 aromatic carbocycles. The van der Waals surface area contributed by atoms with E-state index in [2.05, 4.69) is 30.9 Å². The number of carbonyl (C=O) groups excluding carboxylic acids is 1. The Hall–Kier alpha value is -2.17. The minimum absolute atomic E-state index is 0.0220. The summed E-state index contributed by atoms with van der Waals surface area (Å²) in [6.45, 7) is 9.05. The van der Waals surface area contributed by atoms with Gasteiger partial charge in [0.2, 0.25) is 17.6 Å². The monoisotopic (exact) mass is 327 g/mol. The van der Waals surface area contributed by atoms with Crippen LogP contribution in [0.3, 0.4) is 0 Å². The smallest absolute Gasteiger partial charge is 0.249 e. The van der Waals surface area contributed by atoms with Gasteiger partial charge in [0.1, 0.15) is 6.04 Å². The van der Waals surface area contributed by atoms with E-state index in [-0.39, 0.29) is 17.4 Å². The Morgan fingerprint density at radius 2 is 2.17 bits per heavy atom. The zero-order valence-electron chi connectivity index (χ0n) is 14.9. The molecule has 1 unspecified atom stereocenters. The average molecular weight is 327 g/mol. The summed E-state index contributed by atoms with van der Waals surface area (Å²) >= 11 is 0. The summed E-state index contributed by atoms with van der Waals surface area (Å²) < 4.78 is 5.50. The highest BCUT2D eigenvalue weighted by atomic mass is 16.5. The maximum absolute atomic E-state index is 12.6. The van der Waals surface area contributed by atoms with E-state index >= 15 is 0 Å². The summed E-state index contributed by atoms with van der Waals surface area (Å²) in [5, 5.41) is 4.12. The van der Waals surface area contributed by atoms with Gasteiger partial charge in [-0.3, -0.25) is 4.79 Å². The molecule has 0 saturated carbocycles. The lowest BCUT2D eigenvalue weighted by atomic mass is 9.91. The van der Waals surface area contributed by atoms with E-state index in [9.17, 15) is 4.79 Å². The highest BCUT2D eigenvalue weighted by Crippen LogP contribution is 2.34. The maximum Gasteiger partial charge on any atom is 0.249 e. The molecule has 1 fully saturated rings. The van der Waals surface area contributed by atoms with Crippen molar-refractivity contribution in [3.8, 4) is 11.4 Å². The number of nitrogens with zero attached hydrogens (tertiary/aromatic N) is 3. The third kappa shape index (κ3) is 3.66. The molecule has 2 aromatic rings. The van der Waals surface area contributed by atoms with Gasteiger partial charge in [0.25, 0.3) is 0 Å². The van der Waals surface area contributed by atoms with Crippen LogP contribution < -0.4 is 0 Å². The summed E-state index contributed by atoms with van der Waals surface area (Å²) in [4.78, 5) is 19.1. The molecule has 0 spiro atoms. The number of likely N-dealkylation sites (tertiary alicyclic amines) is 1. The predicted molar refractivity (Wildman–Crippen MR) is 92.2 cm³/mol. The summed E-state index contributed by atoms with van der Waals surface area (Å²) in [5.41, 5.74) is 2.07. The van der Waals surface area contributed by atoms with E-state index in [1.807, 2.05) is 36.1 Å². The lowest BCUT2D eigenvalue weighted by molar-refractivity contribution is -0.134. The van der Waals surface area contributed by atoms with Gasteiger partial charge < -0.3 is 9.42 Å². The Morgan fingerprint density at radius 3 is 2.88 bits per heavy atom. The average Bonchev–Trinajstić information content (AvgIpc) is 3.14. The lowest BCUT2D eigenvalue weighted by Gasteiger charge is -2.26. The van der Waals surface area contributed by atoms with Crippen molar-refractivity contribution in [2.24, 2.45) is 5.41 Å². The Kier molecular flexibility index (Phi) is 4.43. The van der Waals surface area contributed by atoms with Crippen LogP contribution in [0.2, 0.25) is 0 Å². The lowest BCUT2D eigenvalue weighted by Crippen LogP contribution is -2.33. The molecular formula is C19H25N3O2. The fourth-order valence-corrected chi connectivity index (χ4v) is 3.15. The SMILES string of the molecule is Cc1cccc(-c2noc(C3CCCN3C(=O)CC(C)(C)C)n2)c1. The first kappa shape index (κ1) is 16.7. The van der Waals surface area contributed by atoms with Crippen molar-refractivity contribution in [3.05, 3.63) is 35.7 Å². The van der Waals surface area contributed by atoms with Crippen LogP contribution in [-0.4, -0.2) is 27.5 Å². The first-order valence-corrected chi connectivity index (χ1v) is 8.54. The quantitative estimate of drug-likeness (QED) is 0.850. The molecule has 3 rings (SSSR count). The topological polar surface area (TPSA) is 59.2 Å². The summed E-state index contributed by atoms with van der Waals surface area (Å²) in [5.74, 6) is 1.30. The van der Waals surface area contributed by atoms with Crippen molar-refractivity contribution < 1.29 is 9.32 Å². The molecule has 1 aliphatic rings. The fraction of sp³-hybridized carbons (Fsp3) is 0.526. The number of hydrogen-bond acceptors (Lipinski definition) is 4. The van der Waals surface area contributed by atoms with Gasteiger partial charge >= 0.3 is 0 Å². The zero-order valence-corrected chi connectivity index (χ0v) is 14.9. The van der Waals surface area contributed by atoms with Crippen LogP contribution in [0.4, 0.5) is 0 Å². The molecule has 1 aromatic heterocycles. The van der Waals surface area contributed by atoms with E-state index in [1.54, 1.807) is 0 Å². The highest BCUT2D eigenvalue weighted by Gasteiger charge is 2.35. The molecule has 0 radical (unpaired) electrons. The minimum Gasteiger partial charge on any atom is -0.337 e. The van der Waals surface area contributed by atoms with Crippen LogP contribution in [0.5, 0.6) is 0 Å². The van der Waals surface area contributed by atoms with Gasteiger partial charge in [-0.25, -0.2) is 0 Å². The van der Waals surface area contributed by atoms with Gasteiger partial charge in [-0.2, -0.15) is 4.98 Å². The molecule has 2 heterocycles. The van der Waals surface area contributed by atoms with E-state index in [4.69, 9.17) is 4.52 Å². The standard InChI is InChI=1S/C19H25N3O2/c1-13-7-5-8-14(11-13)17-20-18(24-21-17)15-9-6-10-22(15)16(23)12-19(2,3)4/h5,7-8,11,15H,6,9-10,12H2,1-4H3. The number of rotatable bonds is 3. The van der Waals surface area contributed by atoms with Gasteiger partial charge in [0, 0.05) is 18.5 Å². The molecule has 1 atom stereocenters. The van der Waals surface area contributed by atoms with Gasteiger partial charge in [-0.15, -0.1) is 0 Å². The molecule has 24 heavy (non-hydrogen) atoms. The van der Waals surface area contributed by atoms with E-state index in [0.29, 0.717) is 18.1 Å². The molecule has 128 valence electrons. The fourth-order valence-electron chi connectivity index (χ4n) is 3.15. The third-order valence-corrected chi connectivity index (χ3v) is 4.26. The van der Waals surface area contributed by atoms with Crippen molar-refractivity contribution in [3.63, 3.8) is 0 Å². The number of hydrogen-bond donors (Lipinski definition) is 0. The zero-order chi connectivity index (χ0) is 17.3. The summed E-state index contributed by atoms with van der Waals surface area (Å²) in [6, 6.07) is 7.93. The molecule has 5 heteroatoms. The van der Waals surface area contributed by atoms with Crippen molar-refractivity contribution in [2.45, 2.75) is 53.0 Å². The van der Waals surface area contributed by atoms with E-state index in [1.165, 1.54) is 0 Å². The van der Waals surface area contributed by atoms with Crippen LogP contribution in [0.15, 0.2) is 28.8 Å². The van der Waals surface area contributed by atoms with Gasteiger partial charge in [-0.05, 0) is 31.2 Å². The molecule has 0 aliphatic carbocycles. The molecule has 0 bridgehead atoms. The van der Waals surface area contributed by atoms with Crippen molar-refractivity contribution in [2.75, 3.05) is 6.54 Å². The second-order valence-corrected chi connectivity index (χ2v) is 7.81. The second-order valence-electron chi connectivity index (χ2n) is 7.81. The molecule has 5 nitrogen and oxygen atoms in total. The first-order valence-electron chi connectivity index (χ1n) is 8.54. The number of benzene rings is 1. The number of carbonyl (C=O) groups is 1.